The van der Waals surface area contributed by atoms with Crippen LogP contribution in [0.25, 0.3) is 0 Å². The second-order valence-corrected chi connectivity index (χ2v) is 1.90. The van der Waals surface area contributed by atoms with Crippen LogP contribution < -0.4 is 11.1 Å². The van der Waals surface area contributed by atoms with Gasteiger partial charge in [0.15, 0.2) is 0 Å². The summed E-state index contributed by atoms with van der Waals surface area (Å²) in [5.41, 5.74) is 6.33. The first-order chi connectivity index (χ1) is 4.68. The highest BCUT2D eigenvalue weighted by Crippen LogP contribution is 1.88. The Balaban J connectivity index is 0. The van der Waals surface area contributed by atoms with Crippen LogP contribution in [0.1, 0.15) is 13.3 Å². The molecule has 0 unspecified atom stereocenters. The first-order valence-corrected chi connectivity index (χ1v) is 3.14. The lowest BCUT2D eigenvalue weighted by Gasteiger charge is -1.87. The highest BCUT2D eigenvalue weighted by atomic mass is 16.1. The van der Waals surface area contributed by atoms with Crippen molar-refractivity contribution in [2.45, 2.75) is 13.3 Å². The van der Waals surface area contributed by atoms with Gasteiger partial charge >= 0.3 is 0 Å². The summed E-state index contributed by atoms with van der Waals surface area (Å²) in [6.45, 7) is 6.38. The molecule has 3 nitrogen and oxygen atoms in total. The lowest BCUT2D eigenvalue weighted by atomic mass is 10.2. The Morgan fingerprint density at radius 1 is 1.80 bits per heavy atom. The van der Waals surface area contributed by atoms with E-state index in [2.05, 4.69) is 11.9 Å². The fourth-order valence-corrected chi connectivity index (χ4v) is 0.246. The van der Waals surface area contributed by atoms with Gasteiger partial charge in [0.25, 0.3) is 0 Å². The SMILES string of the molecule is C=C(C)CCN.CNC=O. The van der Waals surface area contributed by atoms with E-state index in [9.17, 15) is 0 Å². The van der Waals surface area contributed by atoms with Gasteiger partial charge in [0.05, 0.1) is 0 Å². The van der Waals surface area contributed by atoms with Crippen LogP contribution in [0.15, 0.2) is 12.2 Å². The standard InChI is InChI=1S/C5H11N.C2H5NO/c1-5(2)3-4-6;1-3-2-4/h1,3-4,6H2,2H3;2H,1H3,(H,3,4). The number of carbonyl (C=O) groups excluding carboxylic acids is 1. The Morgan fingerprint density at radius 3 is 2.20 bits per heavy atom. The molecule has 0 aromatic rings. The van der Waals surface area contributed by atoms with Crippen LogP contribution in [0.4, 0.5) is 0 Å². The molecule has 3 N–H and O–H groups in total. The monoisotopic (exact) mass is 144 g/mol. The van der Waals surface area contributed by atoms with E-state index in [0.717, 1.165) is 18.5 Å². The Hall–Kier alpha value is -0.830. The third kappa shape index (κ3) is 27.2. The van der Waals surface area contributed by atoms with Crippen molar-refractivity contribution >= 4 is 6.41 Å². The molecule has 10 heavy (non-hydrogen) atoms. The van der Waals surface area contributed by atoms with E-state index in [-0.39, 0.29) is 0 Å². The maximum atomic E-state index is 9.06. The highest BCUT2D eigenvalue weighted by Gasteiger charge is 1.76. The molecular formula is C7H16N2O. The smallest absolute Gasteiger partial charge is 0.206 e. The van der Waals surface area contributed by atoms with Gasteiger partial charge in [-0.05, 0) is 19.9 Å². The van der Waals surface area contributed by atoms with Crippen molar-refractivity contribution in [2.75, 3.05) is 13.6 Å². The number of rotatable bonds is 3. The molecule has 0 fully saturated rings. The first-order valence-electron chi connectivity index (χ1n) is 3.14. The molecule has 0 saturated carbocycles. The quantitative estimate of drug-likeness (QED) is 0.441. The summed E-state index contributed by atoms with van der Waals surface area (Å²) in [4.78, 5) is 9.06. The van der Waals surface area contributed by atoms with Crippen molar-refractivity contribution in [3.63, 3.8) is 0 Å². The molecule has 0 bridgehead atoms. The Bertz CT molecular complexity index is 91.6. The fraction of sp³-hybridized carbons (Fsp3) is 0.571. The molecule has 60 valence electrons. The molecule has 0 aromatic heterocycles. The van der Waals surface area contributed by atoms with Crippen molar-refractivity contribution in [1.29, 1.82) is 0 Å². The molecule has 0 radical (unpaired) electrons. The second kappa shape index (κ2) is 11.0. The van der Waals surface area contributed by atoms with E-state index in [1.54, 1.807) is 7.05 Å². The Labute approximate surface area is 62.3 Å². The normalized spacial score (nSPS) is 7.10. The molecule has 0 spiro atoms. The van der Waals surface area contributed by atoms with Gasteiger partial charge in [-0.2, -0.15) is 0 Å². The minimum Gasteiger partial charge on any atom is -0.362 e. The zero-order chi connectivity index (χ0) is 8.41. The first kappa shape index (κ1) is 11.9. The molecule has 0 aliphatic heterocycles. The maximum Gasteiger partial charge on any atom is 0.206 e. The van der Waals surface area contributed by atoms with Crippen LogP contribution in [0, 0.1) is 0 Å². The predicted octanol–water partition coefficient (Wildman–Crippen LogP) is 0.273. The second-order valence-electron chi connectivity index (χ2n) is 1.90. The van der Waals surface area contributed by atoms with E-state index < -0.39 is 0 Å². The van der Waals surface area contributed by atoms with E-state index >= 15 is 0 Å². The van der Waals surface area contributed by atoms with Crippen LogP contribution in [-0.2, 0) is 4.79 Å². The number of nitrogens with one attached hydrogen (secondary N) is 1. The zero-order valence-corrected chi connectivity index (χ0v) is 6.68. The molecular weight excluding hydrogens is 128 g/mol. The van der Waals surface area contributed by atoms with E-state index in [1.807, 2.05) is 6.92 Å². The van der Waals surface area contributed by atoms with Crippen molar-refractivity contribution in [3.05, 3.63) is 12.2 Å². The van der Waals surface area contributed by atoms with Gasteiger partial charge in [-0.25, -0.2) is 0 Å². The molecule has 0 aliphatic rings. The van der Waals surface area contributed by atoms with Crippen LogP contribution in [0.3, 0.4) is 0 Å². The van der Waals surface area contributed by atoms with Crippen LogP contribution in [-0.4, -0.2) is 20.0 Å². The van der Waals surface area contributed by atoms with E-state index in [0.29, 0.717) is 6.41 Å². The number of carbonyl (C=O) groups is 1. The summed E-state index contributed by atoms with van der Waals surface area (Å²) < 4.78 is 0. The number of hydrogen-bond donors (Lipinski definition) is 2. The highest BCUT2D eigenvalue weighted by molar-refractivity contribution is 5.44. The average molecular weight is 144 g/mol. The van der Waals surface area contributed by atoms with Crippen LogP contribution in [0.5, 0.6) is 0 Å². The molecule has 0 aromatic carbocycles. The van der Waals surface area contributed by atoms with Gasteiger partial charge in [0.2, 0.25) is 6.41 Å². The minimum absolute atomic E-state index is 0.625. The van der Waals surface area contributed by atoms with Gasteiger partial charge in [-0.15, -0.1) is 6.58 Å². The van der Waals surface area contributed by atoms with Gasteiger partial charge in [0, 0.05) is 7.05 Å². The summed E-state index contributed by atoms with van der Waals surface area (Å²) in [6, 6.07) is 0. The lowest BCUT2D eigenvalue weighted by Crippen LogP contribution is -1.98. The summed E-state index contributed by atoms with van der Waals surface area (Å²) in [5, 5.41) is 2.25. The molecule has 0 saturated heterocycles. The molecule has 0 rings (SSSR count). The largest absolute Gasteiger partial charge is 0.362 e. The fourth-order valence-electron chi connectivity index (χ4n) is 0.246. The predicted molar refractivity (Wildman–Crippen MR) is 43.6 cm³/mol. The van der Waals surface area contributed by atoms with Gasteiger partial charge in [-0.1, -0.05) is 5.57 Å². The molecule has 3 heteroatoms. The summed E-state index contributed by atoms with van der Waals surface area (Å²) >= 11 is 0. The van der Waals surface area contributed by atoms with Crippen molar-refractivity contribution < 1.29 is 4.79 Å². The van der Waals surface area contributed by atoms with Gasteiger partial charge in [0.1, 0.15) is 0 Å². The molecule has 0 heterocycles. The van der Waals surface area contributed by atoms with Crippen molar-refractivity contribution in [2.24, 2.45) is 5.73 Å². The average Bonchev–Trinajstić information content (AvgIpc) is 1.89. The van der Waals surface area contributed by atoms with Gasteiger partial charge in [-0.3, -0.25) is 4.79 Å². The van der Waals surface area contributed by atoms with Crippen molar-refractivity contribution in [3.8, 4) is 0 Å². The van der Waals surface area contributed by atoms with Crippen LogP contribution in [0.2, 0.25) is 0 Å². The van der Waals surface area contributed by atoms with Crippen molar-refractivity contribution in [1.82, 2.24) is 5.32 Å². The van der Waals surface area contributed by atoms with Crippen LogP contribution >= 0.6 is 0 Å². The third-order valence-corrected chi connectivity index (χ3v) is 0.689. The molecule has 0 aliphatic carbocycles. The maximum absolute atomic E-state index is 9.06. The van der Waals surface area contributed by atoms with Gasteiger partial charge < -0.3 is 11.1 Å². The summed E-state index contributed by atoms with van der Waals surface area (Å²) in [5.74, 6) is 0. The Morgan fingerprint density at radius 2 is 2.20 bits per heavy atom. The summed E-state index contributed by atoms with van der Waals surface area (Å²) in [7, 11) is 1.56. The third-order valence-electron chi connectivity index (χ3n) is 0.689. The minimum atomic E-state index is 0.625. The van der Waals surface area contributed by atoms with E-state index in [4.69, 9.17) is 10.5 Å². The molecule has 1 amide bonds. The zero-order valence-electron chi connectivity index (χ0n) is 6.68. The Kier molecular flexibility index (Phi) is 13.1. The number of amides is 1. The topological polar surface area (TPSA) is 55.1 Å². The number of nitrogens with two attached hydrogens (primary N) is 1. The molecule has 0 atom stereocenters. The lowest BCUT2D eigenvalue weighted by molar-refractivity contribution is -0.109. The van der Waals surface area contributed by atoms with E-state index in [1.165, 1.54) is 0 Å². The number of hydrogen-bond acceptors (Lipinski definition) is 2. The summed E-state index contributed by atoms with van der Waals surface area (Å²) in [6.07, 6.45) is 1.58.